The molecule has 2 rings (SSSR count). The van der Waals surface area contributed by atoms with Gasteiger partial charge in [-0.2, -0.15) is 0 Å². The van der Waals surface area contributed by atoms with E-state index in [1.54, 1.807) is 6.92 Å². The number of hydrogen-bond donors (Lipinski definition) is 2. The molecule has 0 saturated heterocycles. The fourth-order valence-corrected chi connectivity index (χ4v) is 2.94. The van der Waals surface area contributed by atoms with Crippen molar-refractivity contribution in [3.8, 4) is 0 Å². The van der Waals surface area contributed by atoms with Crippen LogP contribution in [0.5, 0.6) is 0 Å². The van der Waals surface area contributed by atoms with E-state index in [4.69, 9.17) is 10.8 Å². The number of carboxylic acid groups (broad SMARTS) is 1. The van der Waals surface area contributed by atoms with Gasteiger partial charge in [0.1, 0.15) is 11.9 Å². The molecular formula is C12H11BrFN3O3S. The van der Waals surface area contributed by atoms with Gasteiger partial charge < -0.3 is 15.4 Å². The molecule has 21 heavy (non-hydrogen) atoms. The fourth-order valence-electron chi connectivity index (χ4n) is 1.80. The largest absolute Gasteiger partial charge is 0.481 e. The number of nitrogens with two attached hydrogens (primary N) is 1. The van der Waals surface area contributed by atoms with Crippen molar-refractivity contribution in [1.29, 1.82) is 0 Å². The predicted molar refractivity (Wildman–Crippen MR) is 79.7 cm³/mol. The lowest BCUT2D eigenvalue weighted by Gasteiger charge is -2.13. The van der Waals surface area contributed by atoms with Crippen LogP contribution in [-0.2, 0) is 9.59 Å². The number of aliphatic carboxylic acids is 1. The summed E-state index contributed by atoms with van der Waals surface area (Å²) in [6.45, 7) is 1.57. The first-order valence-electron chi connectivity index (χ1n) is 5.82. The second-order valence-corrected chi connectivity index (χ2v) is 6.08. The Bertz CT molecular complexity index is 734. The Kier molecular flexibility index (Phi) is 4.52. The average Bonchev–Trinajstić information content (AvgIpc) is 2.73. The molecule has 0 bridgehead atoms. The lowest BCUT2D eigenvalue weighted by atomic mass is 10.2. The van der Waals surface area contributed by atoms with E-state index < -0.39 is 23.7 Å². The van der Waals surface area contributed by atoms with E-state index in [0.717, 1.165) is 11.8 Å². The molecule has 1 aromatic carbocycles. The molecule has 0 spiro atoms. The number of fused-ring (bicyclic) bond motifs is 1. The number of carboxylic acids is 1. The molecule has 9 heteroatoms. The smallest absolute Gasteiger partial charge is 0.313 e. The van der Waals surface area contributed by atoms with Gasteiger partial charge in [-0.05, 0) is 28.9 Å². The molecule has 0 aliphatic rings. The van der Waals surface area contributed by atoms with Gasteiger partial charge in [0.2, 0.25) is 5.91 Å². The first-order chi connectivity index (χ1) is 9.81. The number of hydrogen-bond acceptors (Lipinski definition) is 4. The summed E-state index contributed by atoms with van der Waals surface area (Å²) in [7, 11) is 0. The molecule has 1 heterocycles. The summed E-state index contributed by atoms with van der Waals surface area (Å²) in [5.41, 5.74) is 6.14. The minimum Gasteiger partial charge on any atom is -0.481 e. The minimum absolute atomic E-state index is 0.224. The Hall–Kier alpha value is -1.61. The first-order valence-corrected chi connectivity index (χ1v) is 7.60. The summed E-state index contributed by atoms with van der Waals surface area (Å²) < 4.78 is 15.3. The van der Waals surface area contributed by atoms with Gasteiger partial charge in [0.25, 0.3) is 0 Å². The summed E-state index contributed by atoms with van der Waals surface area (Å²) >= 11 is 4.02. The average molecular weight is 376 g/mol. The molecule has 1 unspecified atom stereocenters. The number of aromatic nitrogens is 2. The number of benzene rings is 1. The van der Waals surface area contributed by atoms with Crippen molar-refractivity contribution >= 4 is 50.6 Å². The summed E-state index contributed by atoms with van der Waals surface area (Å²) in [6, 6.07) is 1.97. The maximum Gasteiger partial charge on any atom is 0.313 e. The third-order valence-corrected chi connectivity index (χ3v) is 4.37. The number of imidazole rings is 1. The number of rotatable bonds is 5. The molecule has 0 saturated carbocycles. The summed E-state index contributed by atoms with van der Waals surface area (Å²) in [4.78, 5) is 26.3. The van der Waals surface area contributed by atoms with Crippen molar-refractivity contribution in [3.63, 3.8) is 0 Å². The van der Waals surface area contributed by atoms with Crippen molar-refractivity contribution in [2.45, 2.75) is 18.1 Å². The van der Waals surface area contributed by atoms with Crippen LogP contribution in [0.2, 0.25) is 0 Å². The quantitative estimate of drug-likeness (QED) is 0.780. The van der Waals surface area contributed by atoms with E-state index in [9.17, 15) is 14.0 Å². The van der Waals surface area contributed by atoms with E-state index in [1.165, 1.54) is 16.7 Å². The van der Waals surface area contributed by atoms with Gasteiger partial charge in [0.05, 0.1) is 21.3 Å². The van der Waals surface area contributed by atoms with E-state index >= 15 is 0 Å². The molecule has 1 atom stereocenters. The molecule has 0 radical (unpaired) electrons. The molecule has 0 fully saturated rings. The van der Waals surface area contributed by atoms with Crippen molar-refractivity contribution in [2.75, 3.05) is 5.75 Å². The second-order valence-electron chi connectivity index (χ2n) is 4.28. The van der Waals surface area contributed by atoms with Gasteiger partial charge in [-0.15, -0.1) is 0 Å². The van der Waals surface area contributed by atoms with E-state index in [1.807, 2.05) is 0 Å². The van der Waals surface area contributed by atoms with Crippen molar-refractivity contribution < 1.29 is 19.1 Å². The zero-order valence-electron chi connectivity index (χ0n) is 10.8. The molecule has 1 amide bonds. The molecule has 6 nitrogen and oxygen atoms in total. The van der Waals surface area contributed by atoms with Crippen LogP contribution in [-0.4, -0.2) is 32.3 Å². The van der Waals surface area contributed by atoms with E-state index in [-0.39, 0.29) is 10.2 Å². The van der Waals surface area contributed by atoms with Crippen LogP contribution in [0, 0.1) is 5.82 Å². The number of thioether (sulfide) groups is 1. The number of primary amides is 1. The number of carbonyl (C=O) groups is 2. The van der Waals surface area contributed by atoms with Crippen LogP contribution in [0.1, 0.15) is 13.0 Å². The third kappa shape index (κ3) is 3.18. The molecule has 0 aliphatic heterocycles. The highest BCUT2D eigenvalue weighted by Crippen LogP contribution is 2.31. The van der Waals surface area contributed by atoms with Gasteiger partial charge in [-0.25, -0.2) is 9.37 Å². The Balaban J connectivity index is 2.62. The SMILES string of the molecule is CC(C(N)=O)n1c(SCC(=O)O)nc2cc(F)c(Br)cc21. The minimum atomic E-state index is -1.02. The maximum absolute atomic E-state index is 13.6. The highest BCUT2D eigenvalue weighted by Gasteiger charge is 2.21. The number of amides is 1. The van der Waals surface area contributed by atoms with Gasteiger partial charge in [-0.1, -0.05) is 11.8 Å². The zero-order chi connectivity index (χ0) is 15.7. The molecule has 112 valence electrons. The molecular weight excluding hydrogens is 365 g/mol. The molecule has 0 aliphatic carbocycles. The molecule has 3 N–H and O–H groups in total. The summed E-state index contributed by atoms with van der Waals surface area (Å²) in [5, 5.41) is 9.06. The van der Waals surface area contributed by atoms with Crippen LogP contribution in [0.3, 0.4) is 0 Å². The van der Waals surface area contributed by atoms with Crippen LogP contribution in [0.25, 0.3) is 11.0 Å². The van der Waals surface area contributed by atoms with Crippen LogP contribution >= 0.6 is 27.7 Å². The Morgan fingerprint density at radius 2 is 2.24 bits per heavy atom. The van der Waals surface area contributed by atoms with Gasteiger partial charge in [-0.3, -0.25) is 9.59 Å². The Morgan fingerprint density at radius 3 is 2.81 bits per heavy atom. The molecule has 2 aromatic rings. The molecule has 1 aromatic heterocycles. The maximum atomic E-state index is 13.6. The zero-order valence-corrected chi connectivity index (χ0v) is 13.2. The second kappa shape index (κ2) is 6.02. The monoisotopic (exact) mass is 375 g/mol. The van der Waals surface area contributed by atoms with Crippen LogP contribution in [0.15, 0.2) is 21.8 Å². The lowest BCUT2D eigenvalue weighted by Crippen LogP contribution is -2.24. The number of nitrogens with zero attached hydrogens (tertiary/aromatic N) is 2. The van der Waals surface area contributed by atoms with Crippen LogP contribution in [0.4, 0.5) is 4.39 Å². The van der Waals surface area contributed by atoms with Crippen molar-refractivity contribution in [3.05, 3.63) is 22.4 Å². The van der Waals surface area contributed by atoms with E-state index in [2.05, 4.69) is 20.9 Å². The predicted octanol–water partition coefficient (Wildman–Crippen LogP) is 2.16. The standard InChI is InChI=1S/C12H11BrFN3O3S/c1-5(11(15)20)17-9-2-6(13)7(14)3-8(9)16-12(17)21-4-10(18)19/h2-3,5H,4H2,1H3,(H2,15,20)(H,18,19). The lowest BCUT2D eigenvalue weighted by molar-refractivity contribution is -0.133. The summed E-state index contributed by atoms with van der Waals surface area (Å²) in [5.74, 6) is -2.32. The Labute approximate surface area is 131 Å². The Morgan fingerprint density at radius 1 is 1.57 bits per heavy atom. The van der Waals surface area contributed by atoms with E-state index in [0.29, 0.717) is 16.2 Å². The van der Waals surface area contributed by atoms with Crippen molar-refractivity contribution in [1.82, 2.24) is 9.55 Å². The van der Waals surface area contributed by atoms with Gasteiger partial charge in [0, 0.05) is 6.07 Å². The van der Waals surface area contributed by atoms with Gasteiger partial charge >= 0.3 is 5.97 Å². The number of halogens is 2. The van der Waals surface area contributed by atoms with Gasteiger partial charge in [0.15, 0.2) is 5.16 Å². The third-order valence-electron chi connectivity index (χ3n) is 2.82. The number of carbonyl (C=O) groups excluding carboxylic acids is 1. The van der Waals surface area contributed by atoms with Crippen molar-refractivity contribution in [2.24, 2.45) is 5.73 Å². The summed E-state index contributed by atoms with van der Waals surface area (Å²) in [6.07, 6.45) is 0. The first kappa shape index (κ1) is 15.8. The van der Waals surface area contributed by atoms with Crippen LogP contribution < -0.4 is 5.73 Å². The highest BCUT2D eigenvalue weighted by molar-refractivity contribution is 9.10. The fraction of sp³-hybridized carbons (Fsp3) is 0.250. The highest BCUT2D eigenvalue weighted by atomic mass is 79.9. The normalized spacial score (nSPS) is 12.5. The topological polar surface area (TPSA) is 98.2 Å².